The summed E-state index contributed by atoms with van der Waals surface area (Å²) in [6.45, 7) is 0. The third-order valence-corrected chi connectivity index (χ3v) is 5.80. The molecule has 33 heavy (non-hydrogen) atoms. The van der Waals surface area contributed by atoms with Gasteiger partial charge in [0.05, 0.1) is 21.5 Å². The molecule has 0 bridgehead atoms. The van der Waals surface area contributed by atoms with Crippen LogP contribution in [0.2, 0.25) is 0 Å². The maximum atomic E-state index is 12.8. The number of sulfone groups is 1. The van der Waals surface area contributed by atoms with Crippen LogP contribution in [0.4, 0.5) is 26.3 Å². The molecule has 0 unspecified atom stereocenters. The van der Waals surface area contributed by atoms with E-state index in [0.717, 1.165) is 36.4 Å². The maximum absolute atomic E-state index is 12.8. The number of halogens is 6. The summed E-state index contributed by atoms with van der Waals surface area (Å²) in [5.41, 5.74) is -3.19. The monoisotopic (exact) mass is 496 g/mol. The van der Waals surface area contributed by atoms with E-state index >= 15 is 0 Å². The number of fused-ring (bicyclic) bond motifs is 1. The van der Waals surface area contributed by atoms with E-state index in [1.54, 1.807) is 0 Å². The molecule has 15 heteroatoms. The SMILES string of the molecule is O=C(O)c1nn(-c2ccc(OC(F)(F)F)cc2)c2cccc(S(=O)(=O)CC(F)(F)F)c2c1=O. The van der Waals surface area contributed by atoms with Gasteiger partial charge in [0, 0.05) is 0 Å². The Balaban J connectivity index is 2.31. The fourth-order valence-corrected chi connectivity index (χ4v) is 4.30. The van der Waals surface area contributed by atoms with Crippen molar-refractivity contribution in [1.82, 2.24) is 9.78 Å². The number of aromatic nitrogens is 2. The van der Waals surface area contributed by atoms with Gasteiger partial charge in [0.15, 0.2) is 15.6 Å². The lowest BCUT2D eigenvalue weighted by atomic mass is 10.2. The Morgan fingerprint density at radius 1 is 1.03 bits per heavy atom. The Labute approximate surface area is 179 Å². The fraction of sp³-hybridized carbons (Fsp3) is 0.167. The topological polar surface area (TPSA) is 116 Å². The summed E-state index contributed by atoms with van der Waals surface area (Å²) in [6, 6.07) is 6.44. The Bertz CT molecular complexity index is 1400. The number of carboxylic acid groups (broad SMARTS) is 1. The molecule has 2 aromatic carbocycles. The van der Waals surface area contributed by atoms with Crippen molar-refractivity contribution in [1.29, 1.82) is 0 Å². The van der Waals surface area contributed by atoms with Crippen molar-refractivity contribution < 1.29 is 49.4 Å². The van der Waals surface area contributed by atoms with Crippen LogP contribution < -0.4 is 10.2 Å². The average Bonchev–Trinajstić information content (AvgIpc) is 2.65. The summed E-state index contributed by atoms with van der Waals surface area (Å²) >= 11 is 0. The molecule has 176 valence electrons. The molecule has 0 aliphatic heterocycles. The Hall–Kier alpha value is -3.62. The second-order valence-electron chi connectivity index (χ2n) is 6.46. The molecule has 0 spiro atoms. The lowest BCUT2D eigenvalue weighted by molar-refractivity contribution is -0.274. The van der Waals surface area contributed by atoms with Crippen molar-refractivity contribution in [3.8, 4) is 11.4 Å². The zero-order valence-electron chi connectivity index (χ0n) is 15.8. The van der Waals surface area contributed by atoms with Gasteiger partial charge < -0.3 is 9.84 Å². The number of hydrogen-bond acceptors (Lipinski definition) is 6. The second kappa shape index (κ2) is 8.06. The first kappa shape index (κ1) is 24.0. The van der Waals surface area contributed by atoms with Crippen LogP contribution in [-0.2, 0) is 9.84 Å². The van der Waals surface area contributed by atoms with Crippen LogP contribution in [0, 0.1) is 0 Å². The van der Waals surface area contributed by atoms with Crippen molar-refractivity contribution in [2.45, 2.75) is 17.4 Å². The molecule has 3 rings (SSSR count). The number of benzene rings is 2. The molecule has 0 aliphatic rings. The molecule has 0 saturated heterocycles. The third kappa shape index (κ3) is 5.24. The highest BCUT2D eigenvalue weighted by Crippen LogP contribution is 2.29. The van der Waals surface area contributed by atoms with E-state index in [0.29, 0.717) is 10.7 Å². The molecular weight excluding hydrogens is 486 g/mol. The molecule has 1 aromatic heterocycles. The smallest absolute Gasteiger partial charge is 0.476 e. The second-order valence-corrected chi connectivity index (χ2v) is 8.42. The van der Waals surface area contributed by atoms with Crippen molar-refractivity contribution in [3.63, 3.8) is 0 Å². The molecule has 0 aliphatic carbocycles. The molecule has 0 saturated carbocycles. The number of nitrogens with zero attached hydrogens (tertiary/aromatic N) is 2. The van der Waals surface area contributed by atoms with Gasteiger partial charge in [-0.2, -0.15) is 18.3 Å². The predicted molar refractivity (Wildman–Crippen MR) is 99.1 cm³/mol. The lowest BCUT2D eigenvalue weighted by Gasteiger charge is -2.15. The molecule has 8 nitrogen and oxygen atoms in total. The zero-order valence-corrected chi connectivity index (χ0v) is 16.6. The van der Waals surface area contributed by atoms with E-state index in [-0.39, 0.29) is 5.69 Å². The summed E-state index contributed by atoms with van der Waals surface area (Å²) in [7, 11) is -5.14. The van der Waals surface area contributed by atoms with Crippen molar-refractivity contribution in [3.05, 3.63) is 58.4 Å². The summed E-state index contributed by atoms with van der Waals surface area (Å²) in [4.78, 5) is 23.1. The van der Waals surface area contributed by atoms with E-state index in [4.69, 9.17) is 0 Å². The minimum Gasteiger partial charge on any atom is -0.476 e. The van der Waals surface area contributed by atoms with Gasteiger partial charge in [-0.25, -0.2) is 17.9 Å². The summed E-state index contributed by atoms with van der Waals surface area (Å²) < 4.78 is 105. The van der Waals surface area contributed by atoms with Crippen molar-refractivity contribution in [2.75, 3.05) is 5.75 Å². The summed E-state index contributed by atoms with van der Waals surface area (Å²) in [5.74, 6) is -4.87. The molecule has 0 amide bonds. The largest absolute Gasteiger partial charge is 0.573 e. The molecule has 1 N–H and O–H groups in total. The number of carbonyl (C=O) groups is 1. The lowest BCUT2D eigenvalue weighted by Crippen LogP contribution is -2.27. The fourth-order valence-electron chi connectivity index (χ4n) is 2.92. The van der Waals surface area contributed by atoms with E-state index in [1.807, 2.05) is 0 Å². The molecule has 1 heterocycles. The molecule has 3 aromatic rings. The molecule has 0 radical (unpaired) electrons. The van der Waals surface area contributed by atoms with Crippen LogP contribution in [0.3, 0.4) is 0 Å². The third-order valence-electron chi connectivity index (χ3n) is 4.08. The molecule has 0 fully saturated rings. The van der Waals surface area contributed by atoms with Crippen LogP contribution in [0.5, 0.6) is 5.75 Å². The highest BCUT2D eigenvalue weighted by molar-refractivity contribution is 7.91. The van der Waals surface area contributed by atoms with E-state index in [1.165, 1.54) is 0 Å². The van der Waals surface area contributed by atoms with Gasteiger partial charge in [-0.15, -0.1) is 13.2 Å². The Kier molecular flexibility index (Phi) is 5.87. The van der Waals surface area contributed by atoms with E-state index in [9.17, 15) is 49.5 Å². The summed E-state index contributed by atoms with van der Waals surface area (Å²) in [5, 5.41) is 12.0. The highest BCUT2D eigenvalue weighted by atomic mass is 32.2. The number of ether oxygens (including phenoxy) is 1. The van der Waals surface area contributed by atoms with E-state index in [2.05, 4.69) is 9.84 Å². The van der Waals surface area contributed by atoms with Gasteiger partial charge in [0.1, 0.15) is 5.75 Å². The quantitative estimate of drug-likeness (QED) is 0.539. The van der Waals surface area contributed by atoms with Crippen molar-refractivity contribution in [2.24, 2.45) is 0 Å². The highest BCUT2D eigenvalue weighted by Gasteiger charge is 2.37. The number of alkyl halides is 6. The van der Waals surface area contributed by atoms with Crippen LogP contribution in [0.15, 0.2) is 52.2 Å². The first-order chi connectivity index (χ1) is 15.1. The first-order valence-corrected chi connectivity index (χ1v) is 10.2. The van der Waals surface area contributed by atoms with Crippen molar-refractivity contribution >= 4 is 26.7 Å². The van der Waals surface area contributed by atoms with Crippen LogP contribution >= 0.6 is 0 Å². The minimum atomic E-state index is -5.16. The number of aromatic carboxylic acids is 1. The van der Waals surface area contributed by atoms with Gasteiger partial charge in [0.2, 0.25) is 11.1 Å². The van der Waals surface area contributed by atoms with Gasteiger partial charge >= 0.3 is 18.5 Å². The number of rotatable bonds is 5. The van der Waals surface area contributed by atoms with Crippen LogP contribution in [-0.4, -0.2) is 47.6 Å². The molecular formula is C18H10F6N2O6S. The number of hydrogen-bond donors (Lipinski definition) is 1. The first-order valence-electron chi connectivity index (χ1n) is 8.54. The van der Waals surface area contributed by atoms with Crippen LogP contribution in [0.25, 0.3) is 16.6 Å². The zero-order chi connectivity index (χ0) is 24.8. The van der Waals surface area contributed by atoms with Gasteiger partial charge in [-0.3, -0.25) is 4.79 Å². The Morgan fingerprint density at radius 3 is 2.15 bits per heavy atom. The average molecular weight is 496 g/mol. The van der Waals surface area contributed by atoms with E-state index < -0.39 is 66.8 Å². The van der Waals surface area contributed by atoms with Crippen LogP contribution in [0.1, 0.15) is 10.5 Å². The predicted octanol–water partition coefficient (Wildman–Crippen LogP) is 3.32. The van der Waals surface area contributed by atoms with Gasteiger partial charge in [0.25, 0.3) is 0 Å². The maximum Gasteiger partial charge on any atom is 0.573 e. The Morgan fingerprint density at radius 2 is 1.64 bits per heavy atom. The number of carboxylic acids is 1. The molecule has 0 atom stereocenters. The van der Waals surface area contributed by atoms with Gasteiger partial charge in [-0.1, -0.05) is 6.07 Å². The normalized spacial score (nSPS) is 12.7. The standard InChI is InChI=1S/C18H10F6N2O6S/c19-17(20,21)8-33(30,31)12-3-1-2-11-13(12)15(27)14(16(28)29)25-26(11)9-4-6-10(7-5-9)32-18(22,23)24/h1-7H,8H2,(H,28,29). The summed E-state index contributed by atoms with van der Waals surface area (Å²) in [6.07, 6.45) is -10.2. The minimum absolute atomic E-state index is 0.137. The van der Waals surface area contributed by atoms with Gasteiger partial charge in [-0.05, 0) is 36.4 Å².